The molecular weight excluding hydrogens is 294 g/mol. The van der Waals surface area contributed by atoms with Crippen LogP contribution in [-0.4, -0.2) is 16.9 Å². The summed E-state index contributed by atoms with van der Waals surface area (Å²) in [5, 5.41) is 2.90. The van der Waals surface area contributed by atoms with E-state index in [2.05, 4.69) is 40.1 Å². The summed E-state index contributed by atoms with van der Waals surface area (Å²) in [5.41, 5.74) is 0. The van der Waals surface area contributed by atoms with Crippen molar-refractivity contribution in [1.29, 1.82) is 0 Å². The highest BCUT2D eigenvalue weighted by Crippen LogP contribution is 2.17. The van der Waals surface area contributed by atoms with E-state index >= 15 is 0 Å². The van der Waals surface area contributed by atoms with E-state index < -0.39 is 0 Å². The summed E-state index contributed by atoms with van der Waals surface area (Å²) in [7, 11) is 0. The Labute approximate surface area is 109 Å². The van der Waals surface area contributed by atoms with E-state index in [-0.39, 0.29) is 17.0 Å². The van der Waals surface area contributed by atoms with Crippen molar-refractivity contribution in [1.82, 2.24) is 4.98 Å². The Morgan fingerprint density at radius 2 is 2.25 bits per heavy atom. The van der Waals surface area contributed by atoms with Gasteiger partial charge in [-0.25, -0.2) is 9.37 Å². The third kappa shape index (κ3) is 4.66. The van der Waals surface area contributed by atoms with Gasteiger partial charge in [-0.05, 0) is 34.3 Å². The molecule has 0 fully saturated rings. The zero-order valence-electron chi connectivity index (χ0n) is 9.30. The number of nitrogens with one attached hydrogen (secondary N) is 1. The Hall–Kier alpha value is -0.350. The first-order valence-electron chi connectivity index (χ1n) is 5.18. The van der Waals surface area contributed by atoms with Gasteiger partial charge in [0.15, 0.2) is 11.6 Å². The van der Waals surface area contributed by atoms with E-state index in [9.17, 15) is 4.39 Å². The first-order chi connectivity index (χ1) is 7.49. The minimum absolute atomic E-state index is 0.00940. The number of aromatic nitrogens is 1. The fourth-order valence-electron chi connectivity index (χ4n) is 1.35. The Balaban J connectivity index is 2.48. The quantitative estimate of drug-likeness (QED) is 0.830. The van der Waals surface area contributed by atoms with Crippen LogP contribution in [0.1, 0.15) is 20.3 Å². The minimum atomic E-state index is -0.372. The highest BCUT2D eigenvalue weighted by Gasteiger charge is 2.09. The van der Waals surface area contributed by atoms with E-state index in [1.165, 1.54) is 6.07 Å². The van der Waals surface area contributed by atoms with Gasteiger partial charge in [-0.2, -0.15) is 0 Å². The van der Waals surface area contributed by atoms with Gasteiger partial charge in [0, 0.05) is 17.2 Å². The van der Waals surface area contributed by atoms with Crippen molar-refractivity contribution < 1.29 is 4.39 Å². The van der Waals surface area contributed by atoms with Crippen LogP contribution in [0, 0.1) is 11.7 Å². The summed E-state index contributed by atoms with van der Waals surface area (Å²) in [6.07, 6.45) is 2.45. The number of anilines is 1. The number of alkyl halides is 1. The predicted octanol–water partition coefficient (Wildman–Crippen LogP) is 4.05. The van der Waals surface area contributed by atoms with E-state index in [0.717, 1.165) is 6.42 Å². The van der Waals surface area contributed by atoms with Crippen molar-refractivity contribution in [3.05, 3.63) is 22.6 Å². The summed E-state index contributed by atoms with van der Waals surface area (Å²) < 4.78 is 14.0. The number of pyridine rings is 1. The molecule has 2 nitrogen and oxygen atoms in total. The molecule has 90 valence electrons. The summed E-state index contributed by atoms with van der Waals surface area (Å²) in [6, 6.07) is 1.38. The van der Waals surface area contributed by atoms with Crippen LogP contribution in [0.4, 0.5) is 10.2 Å². The molecule has 0 aliphatic rings. The highest BCUT2D eigenvalue weighted by atomic mass is 79.9. The van der Waals surface area contributed by atoms with Crippen LogP contribution in [-0.2, 0) is 0 Å². The van der Waals surface area contributed by atoms with Crippen LogP contribution in [0.5, 0.6) is 0 Å². The molecule has 0 spiro atoms. The molecule has 1 heterocycles. The Morgan fingerprint density at radius 1 is 1.56 bits per heavy atom. The molecule has 16 heavy (non-hydrogen) atoms. The molecule has 0 aliphatic carbocycles. The van der Waals surface area contributed by atoms with Gasteiger partial charge in [-0.3, -0.25) is 0 Å². The van der Waals surface area contributed by atoms with Crippen molar-refractivity contribution in [3.8, 4) is 0 Å². The van der Waals surface area contributed by atoms with Crippen molar-refractivity contribution in [2.75, 3.05) is 11.9 Å². The van der Waals surface area contributed by atoms with E-state index in [1.54, 1.807) is 6.20 Å². The second-order valence-corrected chi connectivity index (χ2v) is 5.62. The summed E-state index contributed by atoms with van der Waals surface area (Å²) in [5.74, 6) is 0.410. The second-order valence-electron chi connectivity index (χ2n) is 4.09. The van der Waals surface area contributed by atoms with Gasteiger partial charge >= 0.3 is 0 Å². The molecule has 0 radical (unpaired) electrons. The molecule has 1 aromatic rings. The van der Waals surface area contributed by atoms with E-state index in [1.807, 2.05) is 0 Å². The first-order valence-corrected chi connectivity index (χ1v) is 6.41. The number of nitrogens with zero attached hydrogens (tertiary/aromatic N) is 1. The summed E-state index contributed by atoms with van der Waals surface area (Å²) >= 11 is 9.24. The number of halogens is 3. The summed E-state index contributed by atoms with van der Waals surface area (Å²) in [6.45, 7) is 4.73. The van der Waals surface area contributed by atoms with Gasteiger partial charge < -0.3 is 5.32 Å². The van der Waals surface area contributed by atoms with Crippen molar-refractivity contribution in [2.45, 2.75) is 25.6 Å². The van der Waals surface area contributed by atoms with Crippen molar-refractivity contribution >= 4 is 33.3 Å². The third-order valence-electron chi connectivity index (χ3n) is 2.03. The standard InChI is InChI=1S/C11H15BrClFN2/c1-7(2)3-9(13)6-16-11-10(14)4-8(12)5-15-11/h4-5,7,9H,3,6H2,1-2H3,(H,15,16). The molecule has 1 atom stereocenters. The number of hydrogen-bond donors (Lipinski definition) is 1. The molecular formula is C11H15BrClFN2. The van der Waals surface area contributed by atoms with E-state index in [4.69, 9.17) is 11.6 Å². The molecule has 5 heteroatoms. The van der Waals surface area contributed by atoms with Crippen LogP contribution in [0.25, 0.3) is 0 Å². The molecule has 0 amide bonds. The monoisotopic (exact) mass is 308 g/mol. The molecule has 0 saturated carbocycles. The van der Waals surface area contributed by atoms with Gasteiger partial charge in [0.1, 0.15) is 0 Å². The molecule has 1 rings (SSSR count). The number of rotatable bonds is 5. The molecule has 0 bridgehead atoms. The van der Waals surface area contributed by atoms with Crippen LogP contribution in [0.15, 0.2) is 16.7 Å². The first kappa shape index (κ1) is 13.7. The maximum atomic E-state index is 13.4. The van der Waals surface area contributed by atoms with Gasteiger partial charge in [0.25, 0.3) is 0 Å². The molecule has 0 aliphatic heterocycles. The highest BCUT2D eigenvalue weighted by molar-refractivity contribution is 9.10. The lowest BCUT2D eigenvalue weighted by Crippen LogP contribution is -2.17. The van der Waals surface area contributed by atoms with Gasteiger partial charge in [-0.15, -0.1) is 11.6 Å². The SMILES string of the molecule is CC(C)CC(Cl)CNc1ncc(Br)cc1F. The maximum absolute atomic E-state index is 13.4. The average Bonchev–Trinajstić information content (AvgIpc) is 2.15. The molecule has 1 aromatic heterocycles. The zero-order chi connectivity index (χ0) is 12.1. The minimum Gasteiger partial charge on any atom is -0.366 e. The van der Waals surface area contributed by atoms with Crippen LogP contribution < -0.4 is 5.32 Å². The fraction of sp³-hybridized carbons (Fsp3) is 0.545. The largest absolute Gasteiger partial charge is 0.366 e. The molecule has 1 N–H and O–H groups in total. The summed E-state index contributed by atoms with van der Waals surface area (Å²) in [4.78, 5) is 3.94. The lowest BCUT2D eigenvalue weighted by Gasteiger charge is -2.13. The normalized spacial score (nSPS) is 12.9. The van der Waals surface area contributed by atoms with E-state index in [0.29, 0.717) is 16.9 Å². The smallest absolute Gasteiger partial charge is 0.166 e. The fourth-order valence-corrected chi connectivity index (χ4v) is 2.08. The van der Waals surface area contributed by atoms with Gasteiger partial charge in [0.2, 0.25) is 0 Å². The maximum Gasteiger partial charge on any atom is 0.166 e. The zero-order valence-corrected chi connectivity index (χ0v) is 11.6. The van der Waals surface area contributed by atoms with Crippen LogP contribution >= 0.6 is 27.5 Å². The Bertz CT molecular complexity index is 347. The lowest BCUT2D eigenvalue weighted by atomic mass is 10.1. The molecule has 0 saturated heterocycles. The number of hydrogen-bond acceptors (Lipinski definition) is 2. The van der Waals surface area contributed by atoms with Crippen LogP contribution in [0.3, 0.4) is 0 Å². The predicted molar refractivity (Wildman–Crippen MR) is 69.5 cm³/mol. The molecule has 1 unspecified atom stereocenters. The Morgan fingerprint density at radius 3 is 2.81 bits per heavy atom. The van der Waals surface area contributed by atoms with Crippen molar-refractivity contribution in [3.63, 3.8) is 0 Å². The average molecular weight is 310 g/mol. The molecule has 0 aromatic carbocycles. The topological polar surface area (TPSA) is 24.9 Å². The van der Waals surface area contributed by atoms with Gasteiger partial charge in [-0.1, -0.05) is 13.8 Å². The second kappa shape index (κ2) is 6.40. The Kier molecular flexibility index (Phi) is 5.49. The van der Waals surface area contributed by atoms with Crippen LogP contribution in [0.2, 0.25) is 0 Å². The van der Waals surface area contributed by atoms with Crippen molar-refractivity contribution in [2.24, 2.45) is 5.92 Å². The lowest BCUT2D eigenvalue weighted by molar-refractivity contribution is 0.569. The van der Waals surface area contributed by atoms with Gasteiger partial charge in [0.05, 0.1) is 5.38 Å². The third-order valence-corrected chi connectivity index (χ3v) is 2.79.